The van der Waals surface area contributed by atoms with Crippen LogP contribution in [0.15, 0.2) is 36.4 Å². The number of benzene rings is 2. The molecule has 4 nitrogen and oxygen atoms in total. The van der Waals surface area contributed by atoms with Gasteiger partial charge in [0.15, 0.2) is 0 Å². The van der Waals surface area contributed by atoms with Crippen LogP contribution < -0.4 is 9.47 Å². The summed E-state index contributed by atoms with van der Waals surface area (Å²) in [7, 11) is 3.07. The molecule has 0 unspecified atom stereocenters. The Kier molecular flexibility index (Phi) is 2.79. The van der Waals surface area contributed by atoms with E-state index in [1.807, 2.05) is 0 Å². The van der Waals surface area contributed by atoms with Crippen molar-refractivity contribution in [2.75, 3.05) is 14.2 Å². The van der Waals surface area contributed by atoms with Crippen molar-refractivity contribution >= 4 is 11.6 Å². The van der Waals surface area contributed by atoms with Gasteiger partial charge in [-0.15, -0.1) is 0 Å². The molecule has 0 aliphatic heterocycles. The maximum atomic E-state index is 12.2. The van der Waals surface area contributed by atoms with Crippen LogP contribution in [0.3, 0.4) is 0 Å². The molecule has 2 aromatic carbocycles. The Balaban J connectivity index is 2.45. The monoisotopic (exact) mass is 268 g/mol. The molecule has 20 heavy (non-hydrogen) atoms. The zero-order valence-electron chi connectivity index (χ0n) is 11.1. The third kappa shape index (κ3) is 1.54. The molecule has 0 bridgehead atoms. The third-order valence-corrected chi connectivity index (χ3v) is 3.44. The second kappa shape index (κ2) is 4.49. The normalized spacial score (nSPS) is 12.7. The fourth-order valence-electron chi connectivity index (χ4n) is 2.54. The van der Waals surface area contributed by atoms with Crippen LogP contribution in [-0.2, 0) is 0 Å². The highest BCUT2D eigenvalue weighted by Crippen LogP contribution is 2.44. The van der Waals surface area contributed by atoms with E-state index in [4.69, 9.17) is 9.47 Å². The lowest BCUT2D eigenvalue weighted by atomic mass is 9.83. The van der Waals surface area contributed by atoms with E-state index in [-0.39, 0.29) is 0 Å². The minimum absolute atomic E-state index is 0.353. The maximum Gasteiger partial charge on any atom is 0.234 e. The van der Waals surface area contributed by atoms with E-state index < -0.39 is 11.6 Å². The Morgan fingerprint density at radius 1 is 0.700 bits per heavy atom. The van der Waals surface area contributed by atoms with Crippen molar-refractivity contribution < 1.29 is 19.1 Å². The summed E-state index contributed by atoms with van der Waals surface area (Å²) in [5.74, 6) is 0.0718. The summed E-state index contributed by atoms with van der Waals surface area (Å²) in [6.07, 6.45) is 0. The first-order valence-corrected chi connectivity index (χ1v) is 6.12. The molecule has 1 aliphatic carbocycles. The summed E-state index contributed by atoms with van der Waals surface area (Å²) in [6, 6.07) is 10.2. The number of ketones is 2. The van der Waals surface area contributed by atoms with Crippen molar-refractivity contribution in [3.8, 4) is 22.6 Å². The number of carbonyl (C=O) groups is 2. The van der Waals surface area contributed by atoms with Crippen molar-refractivity contribution in [1.29, 1.82) is 0 Å². The van der Waals surface area contributed by atoms with Crippen molar-refractivity contribution in [1.82, 2.24) is 0 Å². The van der Waals surface area contributed by atoms with E-state index in [2.05, 4.69) is 0 Å². The second-order valence-electron chi connectivity index (χ2n) is 4.42. The molecule has 4 heteroatoms. The Hall–Kier alpha value is -2.62. The molecular formula is C16H12O4. The van der Waals surface area contributed by atoms with Crippen molar-refractivity contribution in [3.63, 3.8) is 0 Å². The fraction of sp³-hybridized carbons (Fsp3) is 0.125. The van der Waals surface area contributed by atoms with E-state index in [1.165, 1.54) is 14.2 Å². The average Bonchev–Trinajstić information content (AvgIpc) is 2.50. The predicted octanol–water partition coefficient (Wildman–Crippen LogP) is 2.75. The number of hydrogen-bond acceptors (Lipinski definition) is 4. The first-order valence-electron chi connectivity index (χ1n) is 6.12. The highest BCUT2D eigenvalue weighted by atomic mass is 16.5. The van der Waals surface area contributed by atoms with Crippen LogP contribution in [0.2, 0.25) is 0 Å². The van der Waals surface area contributed by atoms with Gasteiger partial charge in [0.2, 0.25) is 11.6 Å². The second-order valence-corrected chi connectivity index (χ2v) is 4.42. The van der Waals surface area contributed by atoms with E-state index in [0.29, 0.717) is 33.8 Å². The zero-order chi connectivity index (χ0) is 14.3. The number of Topliss-reactive ketones (excluding diaryl/α,β-unsaturated/α-hetero) is 2. The van der Waals surface area contributed by atoms with Crippen LogP contribution in [0.5, 0.6) is 11.5 Å². The van der Waals surface area contributed by atoms with E-state index in [1.54, 1.807) is 36.4 Å². The molecular weight excluding hydrogens is 256 g/mol. The lowest BCUT2D eigenvalue weighted by Crippen LogP contribution is -2.22. The highest BCUT2D eigenvalue weighted by Gasteiger charge is 2.34. The van der Waals surface area contributed by atoms with Gasteiger partial charge in [-0.1, -0.05) is 24.3 Å². The summed E-state index contributed by atoms with van der Waals surface area (Å²) < 4.78 is 10.7. The fourth-order valence-corrected chi connectivity index (χ4v) is 2.54. The molecule has 0 atom stereocenters. The molecule has 0 saturated carbocycles. The first-order chi connectivity index (χ1) is 9.69. The number of hydrogen-bond donors (Lipinski definition) is 0. The summed E-state index contributed by atoms with van der Waals surface area (Å²) >= 11 is 0. The van der Waals surface area contributed by atoms with Gasteiger partial charge in [0.05, 0.1) is 14.2 Å². The van der Waals surface area contributed by atoms with Crippen LogP contribution >= 0.6 is 0 Å². The molecule has 0 radical (unpaired) electrons. The molecule has 1 aliphatic rings. The van der Waals surface area contributed by atoms with Crippen molar-refractivity contribution in [3.05, 3.63) is 47.5 Å². The molecule has 0 aromatic heterocycles. The van der Waals surface area contributed by atoms with Gasteiger partial charge in [-0.2, -0.15) is 0 Å². The summed E-state index contributed by atoms with van der Waals surface area (Å²) in [5, 5.41) is 0. The summed E-state index contributed by atoms with van der Waals surface area (Å²) in [4.78, 5) is 24.4. The van der Waals surface area contributed by atoms with Gasteiger partial charge in [0, 0.05) is 22.3 Å². The van der Waals surface area contributed by atoms with E-state index >= 15 is 0 Å². The molecule has 0 heterocycles. The molecule has 0 spiro atoms. The molecule has 100 valence electrons. The molecule has 0 amide bonds. The van der Waals surface area contributed by atoms with E-state index in [9.17, 15) is 9.59 Å². The number of methoxy groups -OCH3 is 2. The zero-order valence-corrected chi connectivity index (χ0v) is 11.1. The Morgan fingerprint density at radius 3 is 1.45 bits per heavy atom. The lowest BCUT2D eigenvalue weighted by molar-refractivity contribution is 0.0815. The molecule has 0 N–H and O–H groups in total. The van der Waals surface area contributed by atoms with Crippen molar-refractivity contribution in [2.45, 2.75) is 0 Å². The van der Waals surface area contributed by atoms with Crippen LogP contribution in [0.4, 0.5) is 0 Å². The highest BCUT2D eigenvalue weighted by molar-refractivity contribution is 6.53. The van der Waals surface area contributed by atoms with Gasteiger partial charge in [-0.3, -0.25) is 9.59 Å². The van der Waals surface area contributed by atoms with Crippen LogP contribution in [0.25, 0.3) is 11.1 Å². The van der Waals surface area contributed by atoms with Gasteiger partial charge in [0.25, 0.3) is 0 Å². The first kappa shape index (κ1) is 12.4. The quantitative estimate of drug-likeness (QED) is 0.786. The van der Waals surface area contributed by atoms with Crippen LogP contribution in [0, 0.1) is 0 Å². The topological polar surface area (TPSA) is 52.6 Å². The average molecular weight is 268 g/mol. The lowest BCUT2D eigenvalue weighted by Gasteiger charge is -2.22. The largest absolute Gasteiger partial charge is 0.496 e. The molecule has 2 aromatic rings. The predicted molar refractivity (Wildman–Crippen MR) is 73.6 cm³/mol. The molecule has 3 rings (SSSR count). The van der Waals surface area contributed by atoms with Gasteiger partial charge in [0.1, 0.15) is 11.5 Å². The minimum atomic E-state index is -0.514. The molecule has 0 fully saturated rings. The minimum Gasteiger partial charge on any atom is -0.496 e. The van der Waals surface area contributed by atoms with Crippen molar-refractivity contribution in [2.24, 2.45) is 0 Å². The van der Waals surface area contributed by atoms with E-state index in [0.717, 1.165) is 0 Å². The number of ether oxygens (including phenoxy) is 2. The molecule has 0 saturated heterocycles. The Bertz CT molecular complexity index is 668. The van der Waals surface area contributed by atoms with Crippen LogP contribution in [0.1, 0.15) is 20.7 Å². The number of rotatable bonds is 2. The SMILES string of the molecule is COc1cccc2c1-c1c(OC)cccc1C(=O)C2=O. The smallest absolute Gasteiger partial charge is 0.234 e. The van der Waals surface area contributed by atoms with Gasteiger partial charge in [-0.05, 0) is 12.1 Å². The third-order valence-electron chi connectivity index (χ3n) is 3.44. The maximum absolute atomic E-state index is 12.2. The summed E-state index contributed by atoms with van der Waals surface area (Å²) in [6.45, 7) is 0. The number of fused-ring (bicyclic) bond motifs is 3. The van der Waals surface area contributed by atoms with Gasteiger partial charge >= 0.3 is 0 Å². The van der Waals surface area contributed by atoms with Gasteiger partial charge < -0.3 is 9.47 Å². The van der Waals surface area contributed by atoms with Gasteiger partial charge in [-0.25, -0.2) is 0 Å². The van der Waals surface area contributed by atoms with Crippen LogP contribution in [-0.4, -0.2) is 25.8 Å². The standard InChI is InChI=1S/C16H12O4/c1-19-11-7-3-5-9-13(11)14-10(16(18)15(9)17)6-4-8-12(14)20-2/h3-8H,1-2H3. The Morgan fingerprint density at radius 2 is 1.10 bits per heavy atom. The summed E-state index contributed by atoms with van der Waals surface area (Å²) in [5.41, 5.74) is 1.94. The number of carbonyl (C=O) groups excluding carboxylic acids is 2. The Labute approximate surface area is 115 Å².